The average Bonchev–Trinajstić information content (AvgIpc) is 1.38. The number of hydrogen-bond donors (Lipinski definition) is 0. The highest BCUT2D eigenvalue weighted by atomic mass is 29.5. The lowest BCUT2D eigenvalue weighted by atomic mass is 11.7. The molecule has 0 spiro atoms. The van der Waals surface area contributed by atoms with Gasteiger partial charge in [0.15, 0.2) is 0 Å². The minimum atomic E-state index is -0.277. The van der Waals surface area contributed by atoms with E-state index in [2.05, 4.69) is 0 Å². The molecule has 0 heterocycles. The van der Waals surface area contributed by atoms with Gasteiger partial charge in [-0.1, -0.05) is 0 Å². The highest BCUT2D eigenvalue weighted by Crippen LogP contribution is 1.27. The van der Waals surface area contributed by atoms with Crippen molar-refractivity contribution in [2.24, 2.45) is 0 Å². The zero-order valence-corrected chi connectivity index (χ0v) is 8.49. The summed E-state index contributed by atoms with van der Waals surface area (Å²) < 4.78 is 0. The molecule has 0 N–H and O–H groups in total. The van der Waals surface area contributed by atoms with Gasteiger partial charge in [0.05, 0.1) is 0 Å². The largest absolute Gasteiger partial charge is 0.882 e. The van der Waals surface area contributed by atoms with E-state index in [9.17, 15) is 5.11 Å². The molecule has 0 saturated carbocycles. The maximum absolute atomic E-state index is 9.62. The molecular weight excluding hydrogens is 112 g/mol. The molecule has 0 aliphatic rings. The maximum Gasteiger partial charge on any atom is 0.0104 e. The number of rotatable bonds is 0. The van der Waals surface area contributed by atoms with Gasteiger partial charge in [0.1, 0.15) is 0 Å². The Hall–Kier alpha value is 0.321. The predicted octanol–water partition coefficient (Wildman–Crippen LogP) is -4.09. The van der Waals surface area contributed by atoms with Crippen LogP contribution in [0.1, 0.15) is 0 Å². The molecule has 0 aromatic rings. The summed E-state index contributed by atoms with van der Waals surface area (Å²) in [5.74, 6) is 1.14. The molecule has 0 fully saturated rings. The fourth-order valence-corrected chi connectivity index (χ4v) is 0. The van der Waals surface area contributed by atoms with Gasteiger partial charge in [0, 0.05) is 19.5 Å². The van der Waals surface area contributed by atoms with Gasteiger partial charge in [0.25, 0.3) is 0 Å². The Morgan fingerprint density at radius 2 is 1.80 bits per heavy atom. The van der Waals surface area contributed by atoms with Crippen molar-refractivity contribution in [1.29, 1.82) is 0 Å². The molecule has 0 aromatic carbocycles. The van der Waals surface area contributed by atoms with Crippen molar-refractivity contribution in [2.75, 3.05) is 0 Å². The minimum absolute atomic E-state index is 0.277. The third-order valence-corrected chi connectivity index (χ3v) is 2.12. The third kappa shape index (κ3) is 4.32. The normalized spacial score (nSPS) is 8.00. The van der Waals surface area contributed by atoms with Crippen LogP contribution in [0.3, 0.4) is 0 Å². The van der Waals surface area contributed by atoms with Crippen molar-refractivity contribution in [3.05, 3.63) is 0 Å². The topological polar surface area (TPSA) is 23.1 Å². The quantitative estimate of drug-likeness (QED) is 0.297. The lowest BCUT2D eigenvalue weighted by molar-refractivity contribution is -0.196. The Morgan fingerprint density at radius 1 is 1.60 bits per heavy atom. The van der Waals surface area contributed by atoms with Gasteiger partial charge in [-0.05, 0) is 7.44 Å². The van der Waals surface area contributed by atoms with E-state index < -0.39 is 0 Å². The summed E-state index contributed by atoms with van der Waals surface area (Å²) in [4.78, 5) is 0. The first-order valence-electron chi connectivity index (χ1n) is 1.52. The first-order chi connectivity index (χ1) is 2.27. The van der Waals surface area contributed by atoms with Crippen molar-refractivity contribution >= 4 is 32.8 Å². The van der Waals surface area contributed by atoms with Crippen LogP contribution in [0, 0.1) is 0 Å². The summed E-state index contributed by atoms with van der Waals surface area (Å²) in [6.07, 6.45) is 0. The van der Waals surface area contributed by atoms with Crippen LogP contribution in [0.4, 0.5) is 0 Å². The summed E-state index contributed by atoms with van der Waals surface area (Å²) in [7, 11) is 2.05. The zero-order chi connectivity index (χ0) is 4.28. The Kier molecular flexibility index (Phi) is 2.72. The molecule has 0 saturated heterocycles. The summed E-state index contributed by atoms with van der Waals surface area (Å²) in [5, 5.41) is 9.62. The zero-order valence-electron chi connectivity index (χ0n) is 3.49. The Morgan fingerprint density at radius 3 is 1.80 bits per heavy atom. The molecule has 0 atom stereocenters. The van der Waals surface area contributed by atoms with E-state index in [-0.39, 0.29) is 7.44 Å². The Balaban J connectivity index is 3.14. The van der Waals surface area contributed by atoms with Crippen LogP contribution >= 0.6 is 0 Å². The smallest absolute Gasteiger partial charge is 0.0104 e. The van der Waals surface area contributed by atoms with Crippen LogP contribution in [-0.2, 0) is 0 Å². The van der Waals surface area contributed by atoms with Crippen LogP contribution in [0.5, 0.6) is 0 Å². The van der Waals surface area contributed by atoms with Crippen LogP contribution in [0.2, 0.25) is 0 Å². The van der Waals surface area contributed by atoms with Crippen LogP contribution in [0.25, 0.3) is 0 Å². The van der Waals surface area contributed by atoms with E-state index in [0.29, 0.717) is 0 Å². The maximum atomic E-state index is 9.62. The molecule has 0 aliphatic heterocycles. The molecule has 30 valence electrons. The van der Waals surface area contributed by atoms with Gasteiger partial charge in [-0.3, -0.25) is 0 Å². The van der Waals surface area contributed by atoms with Gasteiger partial charge in [-0.2, -0.15) is 5.86 Å². The molecule has 5 heavy (non-hydrogen) atoms. The SMILES string of the molecule is [O-]C=[Si]([SiH3])[SiH3]. The molecule has 0 radical (unpaired) electrons. The second-order valence-electron chi connectivity index (χ2n) is 1.20. The third-order valence-electron chi connectivity index (χ3n) is 0.236. The summed E-state index contributed by atoms with van der Waals surface area (Å²) in [6, 6.07) is 0. The van der Waals surface area contributed by atoms with Crippen molar-refractivity contribution < 1.29 is 5.11 Å². The van der Waals surface area contributed by atoms with E-state index >= 15 is 0 Å². The van der Waals surface area contributed by atoms with Gasteiger partial charge >= 0.3 is 0 Å². The minimum Gasteiger partial charge on any atom is -0.882 e. The predicted molar refractivity (Wildman–Crippen MR) is 31.7 cm³/mol. The molecule has 4 heteroatoms. The molecule has 0 aliphatic carbocycles. The van der Waals surface area contributed by atoms with Crippen LogP contribution < -0.4 is 5.11 Å². The van der Waals surface area contributed by atoms with Crippen molar-refractivity contribution in [1.82, 2.24) is 0 Å². The van der Waals surface area contributed by atoms with Crippen molar-refractivity contribution in [2.45, 2.75) is 0 Å². The van der Waals surface area contributed by atoms with Gasteiger partial charge < -0.3 is 5.11 Å². The Labute approximate surface area is 38.7 Å². The molecular formula is CH7OSi3-. The van der Waals surface area contributed by atoms with Gasteiger partial charge in [-0.15, -0.1) is 0 Å². The first-order valence-corrected chi connectivity index (χ1v) is 10.1. The fourth-order valence-electron chi connectivity index (χ4n) is 0. The van der Waals surface area contributed by atoms with E-state index in [1.54, 1.807) is 0 Å². The molecule has 0 amide bonds. The first kappa shape index (κ1) is 5.32. The highest BCUT2D eigenvalue weighted by Gasteiger charge is 1.59. The summed E-state index contributed by atoms with van der Waals surface area (Å²) >= 11 is 0. The monoisotopic (exact) mass is 119 g/mol. The van der Waals surface area contributed by atoms with E-state index in [0.717, 1.165) is 5.86 Å². The fraction of sp³-hybridized carbons (Fsp3) is 0. The van der Waals surface area contributed by atoms with Crippen molar-refractivity contribution in [3.63, 3.8) is 0 Å². The molecule has 0 unspecified atom stereocenters. The number of hydrogen-bond acceptors (Lipinski definition) is 1. The lowest BCUT2D eigenvalue weighted by Crippen LogP contribution is -2.14. The summed E-state index contributed by atoms with van der Waals surface area (Å²) in [5.41, 5.74) is 0. The second kappa shape index (κ2) is 2.55. The second-order valence-corrected chi connectivity index (χ2v) is 19.0. The average molecular weight is 119 g/mol. The standard InChI is InChI=1S/CH8OSi3/c2-1-5(3)4/h1-2H,3-4H3/p-1. The van der Waals surface area contributed by atoms with E-state index in [1.807, 2.05) is 0 Å². The molecule has 0 aromatic heterocycles. The van der Waals surface area contributed by atoms with Crippen molar-refractivity contribution in [3.8, 4) is 0 Å². The van der Waals surface area contributed by atoms with E-state index in [1.165, 1.54) is 19.5 Å². The van der Waals surface area contributed by atoms with Crippen LogP contribution in [0.15, 0.2) is 0 Å². The van der Waals surface area contributed by atoms with Crippen LogP contribution in [-0.4, -0.2) is 32.8 Å². The summed E-state index contributed by atoms with van der Waals surface area (Å²) in [6.45, 7) is 0. The molecule has 0 bridgehead atoms. The van der Waals surface area contributed by atoms with E-state index in [4.69, 9.17) is 0 Å². The highest BCUT2D eigenvalue weighted by molar-refractivity contribution is 7.29. The van der Waals surface area contributed by atoms with Gasteiger partial charge in [-0.25, -0.2) is 0 Å². The molecule has 1 nitrogen and oxygen atoms in total. The molecule has 0 rings (SSSR count). The lowest BCUT2D eigenvalue weighted by Gasteiger charge is -1.86. The van der Waals surface area contributed by atoms with Gasteiger partial charge in [0.2, 0.25) is 0 Å². The Bertz CT molecular complexity index is 44.9.